The molecule has 5 heteroatoms. The minimum atomic E-state index is -0.971. The predicted octanol–water partition coefficient (Wildman–Crippen LogP) is 4.60. The molecule has 0 saturated heterocycles. The lowest BCUT2D eigenvalue weighted by molar-refractivity contribution is 0.195. The van der Waals surface area contributed by atoms with Gasteiger partial charge in [0.05, 0.1) is 11.4 Å². The summed E-state index contributed by atoms with van der Waals surface area (Å²) < 4.78 is 0. The number of nitrogens with zero attached hydrogens (tertiary/aromatic N) is 1. The summed E-state index contributed by atoms with van der Waals surface area (Å²) in [5.41, 5.74) is 9.58. The summed E-state index contributed by atoms with van der Waals surface area (Å²) in [6, 6.07) is 13.1. The third-order valence-corrected chi connectivity index (χ3v) is 3.59. The molecule has 0 aliphatic heterocycles. The van der Waals surface area contributed by atoms with Crippen molar-refractivity contribution in [3.63, 3.8) is 0 Å². The van der Waals surface area contributed by atoms with Crippen molar-refractivity contribution in [3.8, 4) is 0 Å². The van der Waals surface area contributed by atoms with Crippen molar-refractivity contribution in [2.45, 2.75) is 33.2 Å². The van der Waals surface area contributed by atoms with Crippen LogP contribution in [0, 0.1) is 6.92 Å². The molecule has 2 rings (SSSR count). The number of benzene rings is 2. The standard InChI is InChI=1S/C18H23N3O2/c1-12-6-5-7-15(16(12)19)20-13-8-10-14(11-9-13)21(17(22)23)18(2,3)4/h5-11,20H,19H2,1-4H3,(H,22,23). The Morgan fingerprint density at radius 1 is 1.13 bits per heavy atom. The van der Waals surface area contributed by atoms with Crippen LogP contribution in [0.3, 0.4) is 0 Å². The van der Waals surface area contributed by atoms with Gasteiger partial charge in [-0.3, -0.25) is 4.90 Å². The van der Waals surface area contributed by atoms with Crippen LogP contribution in [0.25, 0.3) is 0 Å². The van der Waals surface area contributed by atoms with E-state index in [0.29, 0.717) is 11.4 Å². The SMILES string of the molecule is Cc1cccc(Nc2ccc(N(C(=O)O)C(C)(C)C)cc2)c1N. The zero-order valence-corrected chi connectivity index (χ0v) is 13.9. The monoisotopic (exact) mass is 313 g/mol. The first-order valence-electron chi connectivity index (χ1n) is 7.45. The Balaban J connectivity index is 2.26. The Morgan fingerprint density at radius 3 is 2.26 bits per heavy atom. The Morgan fingerprint density at radius 2 is 1.74 bits per heavy atom. The van der Waals surface area contributed by atoms with Crippen LogP contribution in [0.2, 0.25) is 0 Å². The molecule has 5 nitrogen and oxygen atoms in total. The summed E-state index contributed by atoms with van der Waals surface area (Å²) in [7, 11) is 0. The second-order valence-corrected chi connectivity index (χ2v) is 6.50. The topological polar surface area (TPSA) is 78.6 Å². The van der Waals surface area contributed by atoms with Crippen molar-refractivity contribution in [1.29, 1.82) is 0 Å². The van der Waals surface area contributed by atoms with Crippen molar-refractivity contribution in [2.24, 2.45) is 0 Å². The molecule has 23 heavy (non-hydrogen) atoms. The van der Waals surface area contributed by atoms with Crippen LogP contribution in [0.15, 0.2) is 42.5 Å². The number of rotatable bonds is 3. The van der Waals surface area contributed by atoms with Gasteiger partial charge in [0.25, 0.3) is 0 Å². The number of amides is 1. The molecule has 0 heterocycles. The van der Waals surface area contributed by atoms with Gasteiger partial charge in [-0.1, -0.05) is 12.1 Å². The average molecular weight is 313 g/mol. The van der Waals surface area contributed by atoms with Gasteiger partial charge in [0.1, 0.15) is 0 Å². The Kier molecular flexibility index (Phi) is 4.50. The van der Waals surface area contributed by atoms with E-state index >= 15 is 0 Å². The summed E-state index contributed by atoms with van der Waals surface area (Å²) >= 11 is 0. The van der Waals surface area contributed by atoms with E-state index < -0.39 is 11.6 Å². The molecule has 0 bridgehead atoms. The molecule has 4 N–H and O–H groups in total. The van der Waals surface area contributed by atoms with Crippen LogP contribution < -0.4 is 16.0 Å². The normalized spacial score (nSPS) is 11.1. The number of nitrogens with one attached hydrogen (secondary N) is 1. The molecular weight excluding hydrogens is 290 g/mol. The van der Waals surface area contributed by atoms with Crippen molar-refractivity contribution in [3.05, 3.63) is 48.0 Å². The van der Waals surface area contributed by atoms with Crippen LogP contribution in [0.4, 0.5) is 27.5 Å². The molecule has 122 valence electrons. The van der Waals surface area contributed by atoms with E-state index in [1.807, 2.05) is 58.0 Å². The molecule has 0 spiro atoms. The fourth-order valence-corrected chi connectivity index (χ4v) is 2.42. The zero-order valence-electron chi connectivity index (χ0n) is 13.9. The van der Waals surface area contributed by atoms with Gasteiger partial charge in [0.2, 0.25) is 0 Å². The quantitative estimate of drug-likeness (QED) is 0.723. The van der Waals surface area contributed by atoms with E-state index in [4.69, 9.17) is 5.73 Å². The highest BCUT2D eigenvalue weighted by Crippen LogP contribution is 2.29. The Labute approximate surface area is 136 Å². The summed E-state index contributed by atoms with van der Waals surface area (Å²) in [4.78, 5) is 12.8. The molecule has 2 aromatic carbocycles. The van der Waals surface area contributed by atoms with Crippen molar-refractivity contribution < 1.29 is 9.90 Å². The maximum Gasteiger partial charge on any atom is 0.412 e. The van der Waals surface area contributed by atoms with E-state index in [-0.39, 0.29) is 0 Å². The number of aryl methyl sites for hydroxylation is 1. The zero-order chi connectivity index (χ0) is 17.2. The van der Waals surface area contributed by atoms with Crippen LogP contribution in [0.5, 0.6) is 0 Å². The van der Waals surface area contributed by atoms with E-state index in [2.05, 4.69) is 5.32 Å². The fraction of sp³-hybridized carbons (Fsp3) is 0.278. The first-order valence-corrected chi connectivity index (χ1v) is 7.45. The number of nitrogens with two attached hydrogens (primary N) is 1. The first-order chi connectivity index (χ1) is 10.7. The number of nitrogen functional groups attached to an aromatic ring is 1. The fourth-order valence-electron chi connectivity index (χ4n) is 2.42. The van der Waals surface area contributed by atoms with Crippen molar-refractivity contribution in [2.75, 3.05) is 16.0 Å². The number of anilines is 4. The molecule has 0 atom stereocenters. The molecule has 1 amide bonds. The average Bonchev–Trinajstić information content (AvgIpc) is 2.44. The van der Waals surface area contributed by atoms with Gasteiger partial charge in [-0.15, -0.1) is 0 Å². The molecule has 0 saturated carbocycles. The number of hydrogen-bond acceptors (Lipinski definition) is 3. The molecule has 2 aromatic rings. The lowest BCUT2D eigenvalue weighted by atomic mass is 10.1. The lowest BCUT2D eigenvalue weighted by Gasteiger charge is -2.33. The van der Waals surface area contributed by atoms with Gasteiger partial charge in [0, 0.05) is 16.9 Å². The molecule has 0 unspecified atom stereocenters. The summed E-state index contributed by atoms with van der Waals surface area (Å²) in [5.74, 6) is 0. The van der Waals surface area contributed by atoms with Crippen LogP contribution in [-0.2, 0) is 0 Å². The summed E-state index contributed by atoms with van der Waals surface area (Å²) in [5, 5.41) is 12.7. The molecule has 0 fully saturated rings. The van der Waals surface area contributed by atoms with Crippen LogP contribution >= 0.6 is 0 Å². The highest BCUT2D eigenvalue weighted by molar-refractivity contribution is 5.88. The van der Waals surface area contributed by atoms with Crippen molar-refractivity contribution >= 4 is 28.8 Å². The second-order valence-electron chi connectivity index (χ2n) is 6.50. The highest BCUT2D eigenvalue weighted by Gasteiger charge is 2.27. The minimum absolute atomic E-state index is 0.512. The molecular formula is C18H23N3O2. The van der Waals surface area contributed by atoms with Gasteiger partial charge in [-0.25, -0.2) is 4.79 Å². The predicted molar refractivity (Wildman–Crippen MR) is 95.6 cm³/mol. The largest absolute Gasteiger partial charge is 0.465 e. The highest BCUT2D eigenvalue weighted by atomic mass is 16.4. The summed E-state index contributed by atoms with van der Waals surface area (Å²) in [6.45, 7) is 7.54. The third-order valence-electron chi connectivity index (χ3n) is 3.59. The summed E-state index contributed by atoms with van der Waals surface area (Å²) in [6.07, 6.45) is -0.971. The van der Waals surface area contributed by atoms with Gasteiger partial charge in [0.15, 0.2) is 0 Å². The van der Waals surface area contributed by atoms with E-state index in [9.17, 15) is 9.90 Å². The van der Waals surface area contributed by atoms with Gasteiger partial charge in [-0.05, 0) is 63.6 Å². The molecule has 0 aliphatic rings. The Hall–Kier alpha value is -2.69. The number of carbonyl (C=O) groups is 1. The molecule has 0 aromatic heterocycles. The van der Waals surface area contributed by atoms with Gasteiger partial charge >= 0.3 is 6.09 Å². The number of para-hydroxylation sites is 1. The smallest absolute Gasteiger partial charge is 0.412 e. The van der Waals surface area contributed by atoms with E-state index in [1.54, 1.807) is 12.1 Å². The lowest BCUT2D eigenvalue weighted by Crippen LogP contribution is -2.45. The van der Waals surface area contributed by atoms with E-state index in [0.717, 1.165) is 16.9 Å². The number of carboxylic acid groups (broad SMARTS) is 1. The van der Waals surface area contributed by atoms with Crippen LogP contribution in [-0.4, -0.2) is 16.7 Å². The Bertz CT molecular complexity index is 703. The van der Waals surface area contributed by atoms with E-state index in [1.165, 1.54) is 4.90 Å². The first kappa shape index (κ1) is 16.7. The third kappa shape index (κ3) is 3.74. The minimum Gasteiger partial charge on any atom is -0.465 e. The second kappa shape index (κ2) is 6.20. The maximum absolute atomic E-state index is 11.5. The molecule has 0 aliphatic carbocycles. The van der Waals surface area contributed by atoms with Gasteiger partial charge in [-0.2, -0.15) is 0 Å². The maximum atomic E-state index is 11.5. The van der Waals surface area contributed by atoms with Crippen LogP contribution in [0.1, 0.15) is 26.3 Å². The number of hydrogen-bond donors (Lipinski definition) is 3. The van der Waals surface area contributed by atoms with Gasteiger partial charge < -0.3 is 16.2 Å². The molecule has 0 radical (unpaired) electrons. The van der Waals surface area contributed by atoms with Crippen molar-refractivity contribution in [1.82, 2.24) is 0 Å².